The Bertz CT molecular complexity index is 294. The second-order valence-corrected chi connectivity index (χ2v) is 3.69. The number of aliphatic hydroxyl groups excluding tert-OH is 3. The summed E-state index contributed by atoms with van der Waals surface area (Å²) in [5.41, 5.74) is 0. The standard InChI is InChI=1S/C9H15NO6/c1-4(11)10-3-5(12)7(13)8(14)6(10)9(15)16-2/h5-8,12-14H,3H2,1-2H3/t5-,6-,7+,8+/m0/s1. The predicted octanol–water partition coefficient (Wildman–Crippen LogP) is -2.53. The Labute approximate surface area is 92.2 Å². The molecule has 0 radical (unpaired) electrons. The zero-order chi connectivity index (χ0) is 12.5. The molecule has 7 nitrogen and oxygen atoms in total. The first-order valence-electron chi connectivity index (χ1n) is 4.79. The van der Waals surface area contributed by atoms with E-state index in [1.54, 1.807) is 0 Å². The maximum absolute atomic E-state index is 11.4. The van der Waals surface area contributed by atoms with Crippen LogP contribution in [0.15, 0.2) is 0 Å². The minimum Gasteiger partial charge on any atom is -0.467 e. The van der Waals surface area contributed by atoms with Crippen LogP contribution in [0.25, 0.3) is 0 Å². The Balaban J connectivity index is 2.97. The van der Waals surface area contributed by atoms with Crippen LogP contribution in [0, 0.1) is 0 Å². The van der Waals surface area contributed by atoms with E-state index in [2.05, 4.69) is 4.74 Å². The van der Waals surface area contributed by atoms with Crippen LogP contribution in [0.5, 0.6) is 0 Å². The van der Waals surface area contributed by atoms with E-state index in [9.17, 15) is 24.9 Å². The van der Waals surface area contributed by atoms with Gasteiger partial charge in [-0.3, -0.25) is 4.79 Å². The predicted molar refractivity (Wildman–Crippen MR) is 51.2 cm³/mol. The number of hydrogen-bond donors (Lipinski definition) is 3. The third-order valence-corrected chi connectivity index (χ3v) is 2.63. The molecule has 1 rings (SSSR count). The van der Waals surface area contributed by atoms with Crippen molar-refractivity contribution in [2.45, 2.75) is 31.3 Å². The van der Waals surface area contributed by atoms with Crippen LogP contribution in [-0.4, -0.2) is 70.1 Å². The quantitative estimate of drug-likeness (QED) is 0.431. The molecule has 92 valence electrons. The molecule has 0 unspecified atom stereocenters. The summed E-state index contributed by atoms with van der Waals surface area (Å²) in [7, 11) is 1.12. The summed E-state index contributed by atoms with van der Waals surface area (Å²) >= 11 is 0. The molecule has 1 amide bonds. The molecular weight excluding hydrogens is 218 g/mol. The summed E-state index contributed by atoms with van der Waals surface area (Å²) in [5.74, 6) is -1.31. The average molecular weight is 233 g/mol. The van der Waals surface area contributed by atoms with Gasteiger partial charge < -0.3 is 25.0 Å². The molecule has 3 N–H and O–H groups in total. The van der Waals surface area contributed by atoms with Crippen LogP contribution in [0.2, 0.25) is 0 Å². The van der Waals surface area contributed by atoms with Gasteiger partial charge in [0.1, 0.15) is 18.3 Å². The fourth-order valence-corrected chi connectivity index (χ4v) is 1.73. The lowest BCUT2D eigenvalue weighted by molar-refractivity contribution is -0.179. The molecule has 0 spiro atoms. The maximum atomic E-state index is 11.4. The number of carbonyl (C=O) groups excluding carboxylic acids is 2. The average Bonchev–Trinajstić information content (AvgIpc) is 2.24. The SMILES string of the molecule is COC(=O)[C@@H]1[C@@H](O)[C@H](O)[C@@H](O)CN1C(C)=O. The number of piperidine rings is 1. The van der Waals surface area contributed by atoms with Crippen molar-refractivity contribution in [1.82, 2.24) is 4.90 Å². The van der Waals surface area contributed by atoms with Crippen molar-refractivity contribution in [3.05, 3.63) is 0 Å². The summed E-state index contributed by atoms with van der Waals surface area (Å²) in [6, 6.07) is -1.28. The number of rotatable bonds is 1. The first-order valence-corrected chi connectivity index (χ1v) is 4.79. The number of likely N-dealkylation sites (tertiary alicyclic amines) is 1. The molecule has 1 fully saturated rings. The van der Waals surface area contributed by atoms with Gasteiger partial charge in [0.05, 0.1) is 13.7 Å². The van der Waals surface area contributed by atoms with Gasteiger partial charge in [0.2, 0.25) is 5.91 Å². The zero-order valence-electron chi connectivity index (χ0n) is 9.03. The van der Waals surface area contributed by atoms with Gasteiger partial charge in [-0.15, -0.1) is 0 Å². The Hall–Kier alpha value is -1.18. The Morgan fingerprint density at radius 2 is 1.81 bits per heavy atom. The van der Waals surface area contributed by atoms with Crippen LogP contribution < -0.4 is 0 Å². The van der Waals surface area contributed by atoms with Gasteiger partial charge in [-0.2, -0.15) is 0 Å². The number of hydrogen-bond acceptors (Lipinski definition) is 6. The first kappa shape index (κ1) is 12.9. The van der Waals surface area contributed by atoms with Crippen LogP contribution in [-0.2, 0) is 14.3 Å². The van der Waals surface area contributed by atoms with E-state index in [0.717, 1.165) is 12.0 Å². The van der Waals surface area contributed by atoms with Crippen LogP contribution in [0.4, 0.5) is 0 Å². The van der Waals surface area contributed by atoms with E-state index in [0.29, 0.717) is 0 Å². The van der Waals surface area contributed by atoms with Crippen LogP contribution >= 0.6 is 0 Å². The Morgan fingerprint density at radius 3 is 2.25 bits per heavy atom. The first-order chi connectivity index (χ1) is 7.40. The van der Waals surface area contributed by atoms with Crippen molar-refractivity contribution in [2.75, 3.05) is 13.7 Å². The monoisotopic (exact) mass is 233 g/mol. The summed E-state index contributed by atoms with van der Waals surface area (Å²) in [4.78, 5) is 23.6. The molecule has 0 bridgehead atoms. The van der Waals surface area contributed by atoms with Gasteiger partial charge in [-0.05, 0) is 0 Å². The summed E-state index contributed by atoms with van der Waals surface area (Å²) in [6.45, 7) is 0.987. The van der Waals surface area contributed by atoms with E-state index in [1.807, 2.05) is 0 Å². The van der Waals surface area contributed by atoms with Gasteiger partial charge in [0.25, 0.3) is 0 Å². The van der Waals surface area contributed by atoms with Crippen molar-refractivity contribution in [1.29, 1.82) is 0 Å². The molecule has 4 atom stereocenters. The molecule has 0 aromatic heterocycles. The van der Waals surface area contributed by atoms with Gasteiger partial charge in [-0.25, -0.2) is 4.79 Å². The van der Waals surface area contributed by atoms with Crippen LogP contribution in [0.3, 0.4) is 0 Å². The fourth-order valence-electron chi connectivity index (χ4n) is 1.73. The number of amides is 1. The highest BCUT2D eigenvalue weighted by atomic mass is 16.5. The molecule has 1 aliphatic heterocycles. The van der Waals surface area contributed by atoms with Crippen molar-refractivity contribution in [3.63, 3.8) is 0 Å². The van der Waals surface area contributed by atoms with Crippen molar-refractivity contribution in [2.24, 2.45) is 0 Å². The maximum Gasteiger partial charge on any atom is 0.331 e. The lowest BCUT2D eigenvalue weighted by Gasteiger charge is -2.41. The number of methoxy groups -OCH3 is 1. The van der Waals surface area contributed by atoms with E-state index in [1.165, 1.54) is 6.92 Å². The highest BCUT2D eigenvalue weighted by molar-refractivity contribution is 5.84. The fraction of sp³-hybridized carbons (Fsp3) is 0.778. The van der Waals surface area contributed by atoms with E-state index >= 15 is 0 Å². The molecule has 1 saturated heterocycles. The van der Waals surface area contributed by atoms with Crippen molar-refractivity contribution in [3.8, 4) is 0 Å². The Morgan fingerprint density at radius 1 is 1.25 bits per heavy atom. The minimum atomic E-state index is -1.56. The summed E-state index contributed by atoms with van der Waals surface area (Å²) < 4.78 is 4.44. The summed E-state index contributed by atoms with van der Waals surface area (Å²) in [6.07, 6.45) is -4.31. The molecule has 0 saturated carbocycles. The number of β-amino-alcohol motifs (C(OH)–C–C–N with tert-alkyl or cyclic N) is 1. The number of carbonyl (C=O) groups is 2. The molecular formula is C9H15NO6. The third kappa shape index (κ3) is 2.16. The lowest BCUT2D eigenvalue weighted by atomic mass is 9.94. The smallest absolute Gasteiger partial charge is 0.331 e. The number of aliphatic hydroxyl groups is 3. The van der Waals surface area contributed by atoms with Crippen molar-refractivity contribution >= 4 is 11.9 Å². The second kappa shape index (κ2) is 4.77. The largest absolute Gasteiger partial charge is 0.467 e. The number of ether oxygens (including phenoxy) is 1. The van der Waals surface area contributed by atoms with E-state index < -0.39 is 36.2 Å². The second-order valence-electron chi connectivity index (χ2n) is 3.69. The number of nitrogens with zero attached hydrogens (tertiary/aromatic N) is 1. The third-order valence-electron chi connectivity index (χ3n) is 2.63. The normalized spacial score (nSPS) is 34.7. The van der Waals surface area contributed by atoms with E-state index in [-0.39, 0.29) is 6.54 Å². The van der Waals surface area contributed by atoms with Gasteiger partial charge in [0, 0.05) is 6.92 Å². The summed E-state index contributed by atoms with van der Waals surface area (Å²) in [5, 5.41) is 28.4. The highest BCUT2D eigenvalue weighted by Crippen LogP contribution is 2.20. The minimum absolute atomic E-state index is 0.215. The highest BCUT2D eigenvalue weighted by Gasteiger charge is 2.46. The van der Waals surface area contributed by atoms with Gasteiger partial charge in [-0.1, -0.05) is 0 Å². The molecule has 1 aliphatic rings. The molecule has 0 aromatic rings. The lowest BCUT2D eigenvalue weighted by Crippen LogP contribution is -2.65. The molecule has 16 heavy (non-hydrogen) atoms. The molecule has 0 aromatic carbocycles. The molecule has 0 aliphatic carbocycles. The van der Waals surface area contributed by atoms with Crippen molar-refractivity contribution < 1.29 is 29.6 Å². The van der Waals surface area contributed by atoms with Crippen LogP contribution in [0.1, 0.15) is 6.92 Å². The van der Waals surface area contributed by atoms with Gasteiger partial charge in [0.15, 0.2) is 6.04 Å². The van der Waals surface area contributed by atoms with Gasteiger partial charge >= 0.3 is 5.97 Å². The molecule has 7 heteroatoms. The number of esters is 1. The molecule has 1 heterocycles. The Kier molecular flexibility index (Phi) is 3.84. The zero-order valence-corrected chi connectivity index (χ0v) is 9.03. The van der Waals surface area contributed by atoms with E-state index in [4.69, 9.17) is 0 Å². The topological polar surface area (TPSA) is 107 Å².